The zero-order valence-corrected chi connectivity index (χ0v) is 17.5. The summed E-state index contributed by atoms with van der Waals surface area (Å²) in [6.45, 7) is 10.2. The van der Waals surface area contributed by atoms with Gasteiger partial charge in [-0.3, -0.25) is 4.79 Å². The third-order valence-electron chi connectivity index (χ3n) is 5.34. The standard InChI is InChI=1S/C20H30N2O4S/c1-15-9-11-22(12-10-15)27(24,25)18-7-5-17(6-8-18)19(23)21-13-16(2)26-20(3,4)14-21/h5-8,15-16H,9-14H2,1-4H3. The molecule has 0 radical (unpaired) electrons. The number of carbonyl (C=O) groups excluding carboxylic acids is 1. The summed E-state index contributed by atoms with van der Waals surface area (Å²) < 4.78 is 33.0. The van der Waals surface area contributed by atoms with Crippen LogP contribution >= 0.6 is 0 Å². The molecule has 2 saturated heterocycles. The van der Waals surface area contributed by atoms with Crippen molar-refractivity contribution in [3.63, 3.8) is 0 Å². The van der Waals surface area contributed by atoms with Crippen LogP contribution in [0.2, 0.25) is 0 Å². The van der Waals surface area contributed by atoms with Gasteiger partial charge in [0.05, 0.1) is 16.6 Å². The van der Waals surface area contributed by atoms with Gasteiger partial charge < -0.3 is 9.64 Å². The van der Waals surface area contributed by atoms with Crippen molar-refractivity contribution in [2.24, 2.45) is 5.92 Å². The molecule has 3 rings (SSSR count). The van der Waals surface area contributed by atoms with Crippen molar-refractivity contribution in [2.45, 2.75) is 57.1 Å². The van der Waals surface area contributed by atoms with E-state index >= 15 is 0 Å². The Morgan fingerprint density at radius 3 is 2.26 bits per heavy atom. The molecule has 0 bridgehead atoms. The maximum atomic E-state index is 12.8. The molecule has 27 heavy (non-hydrogen) atoms. The number of rotatable bonds is 3. The number of ether oxygens (including phenoxy) is 1. The topological polar surface area (TPSA) is 66.9 Å². The number of carbonyl (C=O) groups is 1. The first kappa shape index (κ1) is 20.3. The largest absolute Gasteiger partial charge is 0.369 e. The van der Waals surface area contributed by atoms with Crippen molar-refractivity contribution in [3.8, 4) is 0 Å². The van der Waals surface area contributed by atoms with Gasteiger partial charge in [-0.2, -0.15) is 4.31 Å². The highest BCUT2D eigenvalue weighted by molar-refractivity contribution is 7.89. The molecule has 150 valence electrons. The van der Waals surface area contributed by atoms with Gasteiger partial charge in [-0.05, 0) is 63.8 Å². The van der Waals surface area contributed by atoms with E-state index < -0.39 is 10.0 Å². The van der Waals surface area contributed by atoms with Gasteiger partial charge in [0.2, 0.25) is 10.0 Å². The van der Waals surface area contributed by atoms with Gasteiger partial charge in [0, 0.05) is 31.7 Å². The lowest BCUT2D eigenvalue weighted by atomic mass is 10.0. The Hall–Kier alpha value is -1.44. The Bertz CT molecular complexity index is 781. The molecule has 0 aliphatic carbocycles. The van der Waals surface area contributed by atoms with Gasteiger partial charge >= 0.3 is 0 Å². The highest BCUT2D eigenvalue weighted by Gasteiger charge is 2.34. The van der Waals surface area contributed by atoms with Gasteiger partial charge in [0.15, 0.2) is 0 Å². The van der Waals surface area contributed by atoms with E-state index in [4.69, 9.17) is 4.74 Å². The van der Waals surface area contributed by atoms with Crippen LogP contribution in [0.25, 0.3) is 0 Å². The smallest absolute Gasteiger partial charge is 0.254 e. The summed E-state index contributed by atoms with van der Waals surface area (Å²) in [5.74, 6) is 0.477. The zero-order valence-electron chi connectivity index (χ0n) is 16.6. The minimum absolute atomic E-state index is 0.0288. The maximum absolute atomic E-state index is 12.8. The minimum Gasteiger partial charge on any atom is -0.369 e. The quantitative estimate of drug-likeness (QED) is 0.791. The van der Waals surface area contributed by atoms with Gasteiger partial charge in [0.1, 0.15) is 0 Å². The summed E-state index contributed by atoms with van der Waals surface area (Å²) in [5.41, 5.74) is 0.119. The van der Waals surface area contributed by atoms with Crippen LogP contribution in [0, 0.1) is 5.92 Å². The van der Waals surface area contributed by atoms with Gasteiger partial charge in [0.25, 0.3) is 5.91 Å². The molecule has 2 aliphatic heterocycles. The molecule has 0 saturated carbocycles. The molecule has 1 atom stereocenters. The molecule has 1 unspecified atom stereocenters. The Labute approximate surface area is 162 Å². The molecule has 2 aliphatic rings. The summed E-state index contributed by atoms with van der Waals surface area (Å²) in [5, 5.41) is 0. The van der Waals surface area contributed by atoms with E-state index in [9.17, 15) is 13.2 Å². The summed E-state index contributed by atoms with van der Waals surface area (Å²) in [7, 11) is -3.49. The van der Waals surface area contributed by atoms with Gasteiger partial charge in [-0.15, -0.1) is 0 Å². The summed E-state index contributed by atoms with van der Waals surface area (Å²) in [6, 6.07) is 6.34. The second-order valence-electron chi connectivity index (χ2n) is 8.48. The predicted octanol–water partition coefficient (Wildman–Crippen LogP) is 2.75. The van der Waals surface area contributed by atoms with Crippen LogP contribution in [0.3, 0.4) is 0 Å². The van der Waals surface area contributed by atoms with E-state index in [0.717, 1.165) is 12.8 Å². The normalized spacial score (nSPS) is 24.7. The van der Waals surface area contributed by atoms with Crippen LogP contribution in [0.15, 0.2) is 29.2 Å². The van der Waals surface area contributed by atoms with Gasteiger partial charge in [-0.1, -0.05) is 6.92 Å². The molecule has 0 aromatic heterocycles. The monoisotopic (exact) mass is 394 g/mol. The molecule has 0 N–H and O–H groups in total. The predicted molar refractivity (Wildman–Crippen MR) is 104 cm³/mol. The number of benzene rings is 1. The Morgan fingerprint density at radius 2 is 1.70 bits per heavy atom. The van der Waals surface area contributed by atoms with E-state index in [-0.39, 0.29) is 22.5 Å². The van der Waals surface area contributed by atoms with Crippen molar-refractivity contribution in [2.75, 3.05) is 26.2 Å². The first-order valence-corrected chi connectivity index (χ1v) is 11.1. The number of morpholine rings is 1. The number of hydrogen-bond acceptors (Lipinski definition) is 4. The Kier molecular flexibility index (Phi) is 5.66. The van der Waals surface area contributed by atoms with Crippen LogP contribution in [0.5, 0.6) is 0 Å². The molecular weight excluding hydrogens is 364 g/mol. The third-order valence-corrected chi connectivity index (χ3v) is 7.25. The van der Waals surface area contributed by atoms with Crippen molar-refractivity contribution in [1.29, 1.82) is 0 Å². The third kappa shape index (κ3) is 4.52. The first-order chi connectivity index (χ1) is 12.6. The highest BCUT2D eigenvalue weighted by Crippen LogP contribution is 2.25. The average molecular weight is 395 g/mol. The molecule has 2 fully saturated rings. The molecule has 6 nitrogen and oxygen atoms in total. The van der Waals surface area contributed by atoms with Crippen LogP contribution in [-0.4, -0.2) is 61.4 Å². The second kappa shape index (κ2) is 7.53. The first-order valence-electron chi connectivity index (χ1n) is 9.66. The second-order valence-corrected chi connectivity index (χ2v) is 10.4. The molecular formula is C20H30N2O4S. The van der Waals surface area contributed by atoms with E-state index in [0.29, 0.717) is 37.7 Å². The van der Waals surface area contributed by atoms with Crippen molar-refractivity contribution in [3.05, 3.63) is 29.8 Å². The lowest BCUT2D eigenvalue weighted by Gasteiger charge is -2.41. The SMILES string of the molecule is CC1CCN(S(=O)(=O)c2ccc(C(=O)N3CC(C)OC(C)(C)C3)cc2)CC1. The van der Waals surface area contributed by atoms with E-state index in [1.807, 2.05) is 20.8 Å². The molecule has 1 amide bonds. The van der Waals surface area contributed by atoms with Crippen molar-refractivity contribution in [1.82, 2.24) is 9.21 Å². The summed E-state index contributed by atoms with van der Waals surface area (Å²) >= 11 is 0. The highest BCUT2D eigenvalue weighted by atomic mass is 32.2. The Morgan fingerprint density at radius 1 is 1.11 bits per heavy atom. The van der Waals surface area contributed by atoms with Crippen LogP contribution in [0.4, 0.5) is 0 Å². The summed E-state index contributed by atoms with van der Waals surface area (Å²) in [6.07, 6.45) is 1.75. The number of hydrogen-bond donors (Lipinski definition) is 0. The van der Waals surface area contributed by atoms with Crippen LogP contribution < -0.4 is 0 Å². The van der Waals surface area contributed by atoms with Gasteiger partial charge in [-0.25, -0.2) is 8.42 Å². The zero-order chi connectivity index (χ0) is 19.8. The molecule has 7 heteroatoms. The van der Waals surface area contributed by atoms with E-state index in [1.165, 1.54) is 0 Å². The molecule has 2 heterocycles. The average Bonchev–Trinajstić information content (AvgIpc) is 2.60. The van der Waals surface area contributed by atoms with Crippen molar-refractivity contribution < 1.29 is 17.9 Å². The Balaban J connectivity index is 1.74. The summed E-state index contributed by atoms with van der Waals surface area (Å²) in [4.78, 5) is 14.9. The molecule has 0 spiro atoms. The fourth-order valence-electron chi connectivity index (χ4n) is 3.93. The van der Waals surface area contributed by atoms with Crippen molar-refractivity contribution >= 4 is 15.9 Å². The fourth-order valence-corrected chi connectivity index (χ4v) is 5.40. The minimum atomic E-state index is -3.49. The van der Waals surface area contributed by atoms with Crippen LogP contribution in [0.1, 0.15) is 50.9 Å². The number of nitrogens with zero attached hydrogens (tertiary/aromatic N) is 2. The maximum Gasteiger partial charge on any atom is 0.254 e. The van der Waals surface area contributed by atoms with E-state index in [2.05, 4.69) is 6.92 Å². The lowest BCUT2D eigenvalue weighted by Crippen LogP contribution is -2.53. The number of sulfonamides is 1. The fraction of sp³-hybridized carbons (Fsp3) is 0.650. The lowest BCUT2D eigenvalue weighted by molar-refractivity contribution is -0.118. The number of piperidine rings is 1. The number of amides is 1. The molecule has 1 aromatic carbocycles. The van der Waals surface area contributed by atoms with Crippen LogP contribution in [-0.2, 0) is 14.8 Å². The van der Waals surface area contributed by atoms with E-state index in [1.54, 1.807) is 33.5 Å². The molecule has 1 aromatic rings.